The number of carboxylic acids is 1. The van der Waals surface area contributed by atoms with Crippen molar-refractivity contribution in [1.82, 2.24) is 0 Å². The summed E-state index contributed by atoms with van der Waals surface area (Å²) in [5, 5.41) is 9.31. The molecule has 1 N–H and O–H groups in total. The standard InChI is InChI=1S/C19H22O2/c1-5-14-7-8-16(10-15(14)6-2)17-11-18(19(20)21)13(4)9-12(17)3/h7-11H,5-6H2,1-4H3,(H,20,21). The zero-order valence-corrected chi connectivity index (χ0v) is 13.2. The molecule has 0 saturated heterocycles. The number of carboxylic acid groups (broad SMARTS) is 1. The topological polar surface area (TPSA) is 37.3 Å². The van der Waals surface area contributed by atoms with E-state index >= 15 is 0 Å². The Balaban J connectivity index is 2.61. The summed E-state index contributed by atoms with van der Waals surface area (Å²) in [6.07, 6.45) is 2.02. The maximum Gasteiger partial charge on any atom is 0.335 e. The number of hydrogen-bond acceptors (Lipinski definition) is 1. The van der Waals surface area contributed by atoms with Crippen molar-refractivity contribution in [3.8, 4) is 11.1 Å². The molecule has 0 unspecified atom stereocenters. The zero-order chi connectivity index (χ0) is 15.6. The molecule has 2 aromatic carbocycles. The summed E-state index contributed by atoms with van der Waals surface area (Å²) in [7, 11) is 0. The molecule has 0 saturated carbocycles. The van der Waals surface area contributed by atoms with E-state index in [4.69, 9.17) is 0 Å². The lowest BCUT2D eigenvalue weighted by Gasteiger charge is -2.13. The molecule has 0 fully saturated rings. The highest BCUT2D eigenvalue weighted by atomic mass is 16.4. The van der Waals surface area contributed by atoms with Crippen molar-refractivity contribution in [2.24, 2.45) is 0 Å². The van der Waals surface area contributed by atoms with Crippen LogP contribution < -0.4 is 0 Å². The summed E-state index contributed by atoms with van der Waals surface area (Å²) in [6.45, 7) is 8.20. The van der Waals surface area contributed by atoms with Crippen LogP contribution in [0.15, 0.2) is 30.3 Å². The molecule has 0 amide bonds. The van der Waals surface area contributed by atoms with Crippen LogP contribution in [0.2, 0.25) is 0 Å². The highest BCUT2D eigenvalue weighted by Gasteiger charge is 2.12. The van der Waals surface area contributed by atoms with Gasteiger partial charge in [0.25, 0.3) is 0 Å². The van der Waals surface area contributed by atoms with E-state index in [9.17, 15) is 9.90 Å². The molecule has 0 aromatic heterocycles. The molecule has 2 heteroatoms. The van der Waals surface area contributed by atoms with E-state index in [2.05, 4.69) is 32.0 Å². The summed E-state index contributed by atoms with van der Waals surface area (Å²) < 4.78 is 0. The molecule has 2 nitrogen and oxygen atoms in total. The van der Waals surface area contributed by atoms with Crippen LogP contribution in [-0.4, -0.2) is 11.1 Å². The highest BCUT2D eigenvalue weighted by Crippen LogP contribution is 2.29. The van der Waals surface area contributed by atoms with Gasteiger partial charge < -0.3 is 5.11 Å². The van der Waals surface area contributed by atoms with E-state index in [0.29, 0.717) is 5.56 Å². The van der Waals surface area contributed by atoms with Crippen molar-refractivity contribution in [1.29, 1.82) is 0 Å². The summed E-state index contributed by atoms with van der Waals surface area (Å²) in [4.78, 5) is 11.3. The molecular formula is C19H22O2. The minimum absolute atomic E-state index is 0.383. The summed E-state index contributed by atoms with van der Waals surface area (Å²) >= 11 is 0. The molecule has 0 spiro atoms. The smallest absolute Gasteiger partial charge is 0.335 e. The monoisotopic (exact) mass is 282 g/mol. The summed E-state index contributed by atoms with van der Waals surface area (Å²) in [5.41, 5.74) is 7.12. The third-order valence-electron chi connectivity index (χ3n) is 4.08. The average Bonchev–Trinajstić information content (AvgIpc) is 2.46. The number of hydrogen-bond donors (Lipinski definition) is 1. The molecule has 21 heavy (non-hydrogen) atoms. The molecule has 0 heterocycles. The van der Waals surface area contributed by atoms with Gasteiger partial charge in [-0.05, 0) is 66.1 Å². The fourth-order valence-corrected chi connectivity index (χ4v) is 2.86. The fourth-order valence-electron chi connectivity index (χ4n) is 2.86. The number of aryl methyl sites for hydroxylation is 4. The minimum Gasteiger partial charge on any atom is -0.478 e. The first-order valence-electron chi connectivity index (χ1n) is 7.44. The Hall–Kier alpha value is -2.09. The molecule has 0 radical (unpaired) electrons. The van der Waals surface area contributed by atoms with Gasteiger partial charge in [0, 0.05) is 0 Å². The van der Waals surface area contributed by atoms with Gasteiger partial charge >= 0.3 is 5.97 Å². The van der Waals surface area contributed by atoms with E-state index < -0.39 is 5.97 Å². The third-order valence-corrected chi connectivity index (χ3v) is 4.08. The first kappa shape index (κ1) is 15.3. The van der Waals surface area contributed by atoms with Crippen molar-refractivity contribution in [2.75, 3.05) is 0 Å². The number of benzene rings is 2. The average molecular weight is 282 g/mol. The quantitative estimate of drug-likeness (QED) is 0.875. The van der Waals surface area contributed by atoms with Crippen LogP contribution in [-0.2, 0) is 12.8 Å². The SMILES string of the molecule is CCc1ccc(-c2cc(C(=O)O)c(C)cc2C)cc1CC. The van der Waals surface area contributed by atoms with Crippen molar-refractivity contribution in [2.45, 2.75) is 40.5 Å². The van der Waals surface area contributed by atoms with Crippen molar-refractivity contribution in [3.63, 3.8) is 0 Å². The molecule has 0 aliphatic heterocycles. The highest BCUT2D eigenvalue weighted by molar-refractivity contribution is 5.91. The van der Waals surface area contributed by atoms with Crippen LogP contribution >= 0.6 is 0 Å². The zero-order valence-electron chi connectivity index (χ0n) is 13.2. The van der Waals surface area contributed by atoms with Gasteiger partial charge in [-0.2, -0.15) is 0 Å². The van der Waals surface area contributed by atoms with E-state index in [1.54, 1.807) is 6.07 Å². The Morgan fingerprint density at radius 1 is 0.952 bits per heavy atom. The molecule has 0 aliphatic carbocycles. The van der Waals surface area contributed by atoms with Crippen LogP contribution in [0.25, 0.3) is 11.1 Å². The Kier molecular flexibility index (Phi) is 4.46. The van der Waals surface area contributed by atoms with E-state index in [1.807, 2.05) is 19.9 Å². The van der Waals surface area contributed by atoms with Crippen LogP contribution in [0, 0.1) is 13.8 Å². The largest absolute Gasteiger partial charge is 0.478 e. The summed E-state index contributed by atoms with van der Waals surface area (Å²) in [5.74, 6) is -0.866. The maximum atomic E-state index is 11.3. The van der Waals surface area contributed by atoms with Gasteiger partial charge in [0.2, 0.25) is 0 Å². The molecule has 0 aliphatic rings. The Morgan fingerprint density at radius 2 is 1.62 bits per heavy atom. The molecule has 0 bridgehead atoms. The third kappa shape index (κ3) is 2.99. The van der Waals surface area contributed by atoms with Gasteiger partial charge in [0.15, 0.2) is 0 Å². The lowest BCUT2D eigenvalue weighted by atomic mass is 9.92. The fraction of sp³-hybridized carbons (Fsp3) is 0.316. The van der Waals surface area contributed by atoms with E-state index in [-0.39, 0.29) is 0 Å². The lowest BCUT2D eigenvalue weighted by Crippen LogP contribution is -2.01. The normalized spacial score (nSPS) is 10.7. The van der Waals surface area contributed by atoms with Crippen LogP contribution in [0.4, 0.5) is 0 Å². The number of aromatic carboxylic acids is 1. The van der Waals surface area contributed by atoms with Gasteiger partial charge in [0.1, 0.15) is 0 Å². The van der Waals surface area contributed by atoms with Gasteiger partial charge in [-0.15, -0.1) is 0 Å². The van der Waals surface area contributed by atoms with E-state index in [1.165, 1.54) is 11.1 Å². The van der Waals surface area contributed by atoms with Gasteiger partial charge in [-0.3, -0.25) is 0 Å². The molecule has 110 valence electrons. The van der Waals surface area contributed by atoms with Gasteiger partial charge in [-0.1, -0.05) is 38.1 Å². The Labute approximate surface area is 126 Å². The summed E-state index contributed by atoms with van der Waals surface area (Å²) in [6, 6.07) is 10.2. The van der Waals surface area contributed by atoms with Crippen molar-refractivity contribution < 1.29 is 9.90 Å². The second-order valence-electron chi connectivity index (χ2n) is 5.48. The predicted molar refractivity (Wildman–Crippen MR) is 87.1 cm³/mol. The molecular weight excluding hydrogens is 260 g/mol. The Morgan fingerprint density at radius 3 is 2.19 bits per heavy atom. The number of carbonyl (C=O) groups is 1. The molecule has 2 rings (SSSR count). The molecule has 2 aromatic rings. The first-order valence-corrected chi connectivity index (χ1v) is 7.44. The minimum atomic E-state index is -0.866. The van der Waals surface area contributed by atoms with Crippen LogP contribution in [0.5, 0.6) is 0 Å². The second-order valence-corrected chi connectivity index (χ2v) is 5.48. The van der Waals surface area contributed by atoms with Gasteiger partial charge in [0.05, 0.1) is 5.56 Å². The van der Waals surface area contributed by atoms with Crippen LogP contribution in [0.3, 0.4) is 0 Å². The van der Waals surface area contributed by atoms with Gasteiger partial charge in [-0.25, -0.2) is 4.79 Å². The number of rotatable bonds is 4. The van der Waals surface area contributed by atoms with Crippen molar-refractivity contribution >= 4 is 5.97 Å². The van der Waals surface area contributed by atoms with E-state index in [0.717, 1.165) is 35.1 Å². The predicted octanol–water partition coefficient (Wildman–Crippen LogP) is 4.79. The lowest BCUT2D eigenvalue weighted by molar-refractivity contribution is 0.0696. The molecule has 0 atom stereocenters. The van der Waals surface area contributed by atoms with Crippen molar-refractivity contribution in [3.05, 3.63) is 58.1 Å². The maximum absolute atomic E-state index is 11.3. The first-order chi connectivity index (χ1) is 9.97. The Bertz CT molecular complexity index is 684. The van der Waals surface area contributed by atoms with Crippen LogP contribution in [0.1, 0.15) is 46.5 Å². The second kappa shape index (κ2) is 6.13.